The Hall–Kier alpha value is -2.79. The van der Waals surface area contributed by atoms with Gasteiger partial charge in [-0.3, -0.25) is 9.69 Å². The Kier molecular flexibility index (Phi) is 5.81. The summed E-state index contributed by atoms with van der Waals surface area (Å²) in [5.74, 6) is 0.752. The molecule has 5 heteroatoms. The highest BCUT2D eigenvalue weighted by atomic mass is 16.3. The lowest BCUT2D eigenvalue weighted by Gasteiger charge is -2.19. The molecule has 1 N–H and O–H groups in total. The van der Waals surface area contributed by atoms with Gasteiger partial charge in [0.2, 0.25) is 5.91 Å². The van der Waals surface area contributed by atoms with Crippen molar-refractivity contribution in [2.24, 2.45) is 0 Å². The molecule has 5 nitrogen and oxygen atoms in total. The summed E-state index contributed by atoms with van der Waals surface area (Å²) in [5.41, 5.74) is 3.19. The normalized spacial score (nSPS) is 12.3. The molecule has 3 rings (SSSR count). The molecule has 0 aliphatic rings. The zero-order valence-electron chi connectivity index (χ0n) is 16.4. The van der Waals surface area contributed by atoms with Crippen molar-refractivity contribution in [1.82, 2.24) is 10.2 Å². The van der Waals surface area contributed by atoms with Gasteiger partial charge in [0.05, 0.1) is 12.6 Å². The third-order valence-electron chi connectivity index (χ3n) is 4.57. The number of nitrogens with zero attached hydrogens (tertiary/aromatic N) is 2. The first-order valence-electron chi connectivity index (χ1n) is 9.15. The van der Waals surface area contributed by atoms with Crippen molar-refractivity contribution < 1.29 is 9.21 Å². The predicted molar refractivity (Wildman–Crippen MR) is 110 cm³/mol. The topological polar surface area (TPSA) is 48.7 Å². The molecule has 1 amide bonds. The standard InChI is InChI=1S/C22H27N3O2/c1-16(21-13-18-7-5-6-8-20(18)27-21)23-22(26)15-25(4)14-17-9-11-19(12-10-17)24(2)3/h5-13,16H,14-15H2,1-4H3,(H,23,26)/t16-/m0/s1. The molecule has 2 aromatic carbocycles. The molecular weight excluding hydrogens is 338 g/mol. The molecule has 27 heavy (non-hydrogen) atoms. The maximum absolute atomic E-state index is 12.4. The number of carbonyl (C=O) groups excluding carboxylic acids is 1. The van der Waals surface area contributed by atoms with Crippen LogP contribution in [0.25, 0.3) is 11.0 Å². The fourth-order valence-corrected chi connectivity index (χ4v) is 3.09. The van der Waals surface area contributed by atoms with Gasteiger partial charge in [0.1, 0.15) is 11.3 Å². The number of rotatable bonds is 7. The van der Waals surface area contributed by atoms with Crippen LogP contribution in [0.2, 0.25) is 0 Å². The molecule has 1 heterocycles. The number of hydrogen-bond acceptors (Lipinski definition) is 4. The molecule has 0 unspecified atom stereocenters. The molecule has 142 valence electrons. The quantitative estimate of drug-likeness (QED) is 0.692. The molecule has 0 saturated heterocycles. The largest absolute Gasteiger partial charge is 0.459 e. The van der Waals surface area contributed by atoms with Crippen molar-refractivity contribution in [2.75, 3.05) is 32.6 Å². The van der Waals surface area contributed by atoms with Crippen LogP contribution < -0.4 is 10.2 Å². The maximum Gasteiger partial charge on any atom is 0.234 e. The van der Waals surface area contributed by atoms with E-state index in [2.05, 4.69) is 34.5 Å². The number of furan rings is 1. The fraction of sp³-hybridized carbons (Fsp3) is 0.318. The van der Waals surface area contributed by atoms with Gasteiger partial charge in [-0.05, 0) is 43.8 Å². The number of fused-ring (bicyclic) bond motifs is 1. The molecule has 0 aliphatic heterocycles. The summed E-state index contributed by atoms with van der Waals surface area (Å²) in [6, 6.07) is 18.0. The minimum Gasteiger partial charge on any atom is -0.459 e. The van der Waals surface area contributed by atoms with Crippen LogP contribution in [0.4, 0.5) is 5.69 Å². The Morgan fingerprint density at radius 1 is 1.07 bits per heavy atom. The highest BCUT2D eigenvalue weighted by Gasteiger charge is 2.15. The molecule has 0 bridgehead atoms. The van der Waals surface area contributed by atoms with Crippen molar-refractivity contribution in [2.45, 2.75) is 19.5 Å². The summed E-state index contributed by atoms with van der Waals surface area (Å²) in [7, 11) is 5.99. The third kappa shape index (κ3) is 4.89. The van der Waals surface area contributed by atoms with E-state index < -0.39 is 0 Å². The first kappa shape index (κ1) is 19.0. The van der Waals surface area contributed by atoms with E-state index in [1.807, 2.05) is 63.3 Å². The Labute approximate surface area is 160 Å². The smallest absolute Gasteiger partial charge is 0.234 e. The Balaban J connectivity index is 1.53. The Morgan fingerprint density at radius 2 is 1.78 bits per heavy atom. The Morgan fingerprint density at radius 3 is 2.44 bits per heavy atom. The van der Waals surface area contributed by atoms with Gasteiger partial charge >= 0.3 is 0 Å². The first-order valence-corrected chi connectivity index (χ1v) is 9.15. The van der Waals surface area contributed by atoms with Crippen molar-refractivity contribution in [1.29, 1.82) is 0 Å². The molecule has 3 aromatic rings. The molecule has 1 aromatic heterocycles. The second kappa shape index (κ2) is 8.27. The molecule has 0 radical (unpaired) electrons. The summed E-state index contributed by atoms with van der Waals surface area (Å²) in [5, 5.41) is 4.06. The van der Waals surface area contributed by atoms with Gasteiger partial charge in [0.25, 0.3) is 0 Å². The number of amides is 1. The van der Waals surface area contributed by atoms with E-state index >= 15 is 0 Å². The third-order valence-corrected chi connectivity index (χ3v) is 4.57. The lowest BCUT2D eigenvalue weighted by Crippen LogP contribution is -2.36. The van der Waals surface area contributed by atoms with Gasteiger partial charge in [0, 0.05) is 31.7 Å². The highest BCUT2D eigenvalue weighted by molar-refractivity contribution is 5.80. The molecule has 0 saturated carbocycles. The van der Waals surface area contributed by atoms with Gasteiger partial charge in [0.15, 0.2) is 0 Å². The SMILES string of the molecule is C[C@H](NC(=O)CN(C)Cc1ccc(N(C)C)cc1)c1cc2ccccc2o1. The van der Waals surface area contributed by atoms with E-state index in [0.717, 1.165) is 23.3 Å². The van der Waals surface area contributed by atoms with Crippen LogP contribution in [-0.4, -0.2) is 38.5 Å². The van der Waals surface area contributed by atoms with Crippen LogP contribution in [0.5, 0.6) is 0 Å². The van der Waals surface area contributed by atoms with Crippen LogP contribution in [0.1, 0.15) is 24.3 Å². The van der Waals surface area contributed by atoms with Crippen molar-refractivity contribution in [3.05, 3.63) is 65.9 Å². The summed E-state index contributed by atoms with van der Waals surface area (Å²) < 4.78 is 5.83. The van der Waals surface area contributed by atoms with Crippen LogP contribution in [0, 0.1) is 0 Å². The second-order valence-electron chi connectivity index (χ2n) is 7.21. The number of benzene rings is 2. The van der Waals surface area contributed by atoms with Gasteiger partial charge in [-0.2, -0.15) is 0 Å². The van der Waals surface area contributed by atoms with Crippen molar-refractivity contribution in [3.63, 3.8) is 0 Å². The number of para-hydroxylation sites is 1. The summed E-state index contributed by atoms with van der Waals surface area (Å²) in [4.78, 5) is 16.5. The zero-order valence-corrected chi connectivity index (χ0v) is 16.4. The van der Waals surface area contributed by atoms with E-state index in [4.69, 9.17) is 4.42 Å². The highest BCUT2D eigenvalue weighted by Crippen LogP contribution is 2.23. The lowest BCUT2D eigenvalue weighted by molar-refractivity contribution is -0.122. The first-order chi connectivity index (χ1) is 12.9. The van der Waals surface area contributed by atoms with E-state index in [1.165, 1.54) is 11.3 Å². The van der Waals surface area contributed by atoms with E-state index in [-0.39, 0.29) is 11.9 Å². The molecule has 0 spiro atoms. The molecular formula is C22H27N3O2. The van der Waals surface area contributed by atoms with Gasteiger partial charge < -0.3 is 14.6 Å². The monoisotopic (exact) mass is 365 g/mol. The van der Waals surface area contributed by atoms with E-state index in [1.54, 1.807) is 0 Å². The number of nitrogens with one attached hydrogen (secondary N) is 1. The molecule has 0 fully saturated rings. The number of hydrogen-bond donors (Lipinski definition) is 1. The molecule has 0 aliphatic carbocycles. The van der Waals surface area contributed by atoms with Crippen LogP contribution in [-0.2, 0) is 11.3 Å². The Bertz CT molecular complexity index is 866. The second-order valence-corrected chi connectivity index (χ2v) is 7.21. The summed E-state index contributed by atoms with van der Waals surface area (Å²) in [6.45, 7) is 3.00. The van der Waals surface area contributed by atoms with E-state index in [9.17, 15) is 4.79 Å². The zero-order chi connectivity index (χ0) is 19.4. The fourth-order valence-electron chi connectivity index (χ4n) is 3.09. The number of anilines is 1. The number of carbonyl (C=O) groups is 1. The van der Waals surface area contributed by atoms with Gasteiger partial charge in [-0.1, -0.05) is 30.3 Å². The van der Waals surface area contributed by atoms with Crippen LogP contribution in [0.3, 0.4) is 0 Å². The number of likely N-dealkylation sites (N-methyl/N-ethyl adjacent to an activating group) is 1. The molecule has 1 atom stereocenters. The minimum atomic E-state index is -0.169. The lowest BCUT2D eigenvalue weighted by atomic mass is 10.2. The van der Waals surface area contributed by atoms with Crippen molar-refractivity contribution >= 4 is 22.6 Å². The average Bonchev–Trinajstić information content (AvgIpc) is 3.06. The minimum absolute atomic E-state index is 0.0182. The van der Waals surface area contributed by atoms with Crippen LogP contribution in [0.15, 0.2) is 59.0 Å². The van der Waals surface area contributed by atoms with Gasteiger partial charge in [-0.15, -0.1) is 0 Å². The predicted octanol–water partition coefficient (Wildman–Crippen LogP) is 3.81. The summed E-state index contributed by atoms with van der Waals surface area (Å²) in [6.07, 6.45) is 0. The summed E-state index contributed by atoms with van der Waals surface area (Å²) >= 11 is 0. The van der Waals surface area contributed by atoms with Crippen molar-refractivity contribution in [3.8, 4) is 0 Å². The average molecular weight is 365 g/mol. The van der Waals surface area contributed by atoms with Gasteiger partial charge in [-0.25, -0.2) is 0 Å². The maximum atomic E-state index is 12.4. The van der Waals surface area contributed by atoms with Crippen LogP contribution >= 0.6 is 0 Å². The van der Waals surface area contributed by atoms with E-state index in [0.29, 0.717) is 6.54 Å².